The molecule has 5 fully saturated rings. The molecule has 23 nitrogen and oxygen atoms in total. The Morgan fingerprint density at radius 1 is 0.824 bits per heavy atom. The van der Waals surface area contributed by atoms with E-state index in [-0.39, 0.29) is 95.3 Å². The second-order valence-corrected chi connectivity index (χ2v) is 27.4. The molecular formula is C62H73F4N10O13PS. The number of hydrogen-bond donors (Lipinski definition) is 7. The smallest absolute Gasteiger partial charge is 0.371 e. The number of imide groups is 2. The summed E-state index contributed by atoms with van der Waals surface area (Å²) in [5.41, 5.74) is 2.84. The van der Waals surface area contributed by atoms with Crippen LogP contribution in [0.25, 0.3) is 10.1 Å². The lowest BCUT2D eigenvalue weighted by atomic mass is 9.71. The van der Waals surface area contributed by atoms with Gasteiger partial charge in [-0.25, -0.2) is 8.78 Å². The number of halogens is 4. The number of carbonyl (C=O) groups excluding carboxylic acids is 10. The first-order valence-corrected chi connectivity index (χ1v) is 33.1. The van der Waals surface area contributed by atoms with Crippen LogP contribution in [0.2, 0.25) is 0 Å². The lowest BCUT2D eigenvalue weighted by Crippen LogP contribution is -2.62. The maximum absolute atomic E-state index is 14.9. The van der Waals surface area contributed by atoms with Crippen LogP contribution in [-0.4, -0.2) is 177 Å². The second-order valence-electron chi connectivity index (χ2n) is 24.6. The van der Waals surface area contributed by atoms with Crippen LogP contribution < -0.4 is 31.9 Å². The third kappa shape index (κ3) is 14.5. The van der Waals surface area contributed by atoms with Crippen molar-refractivity contribution in [3.05, 3.63) is 99.4 Å². The van der Waals surface area contributed by atoms with E-state index in [4.69, 9.17) is 5.73 Å². The van der Waals surface area contributed by atoms with E-state index in [9.17, 15) is 79.9 Å². The number of benzene rings is 3. The van der Waals surface area contributed by atoms with Crippen LogP contribution in [0.5, 0.6) is 0 Å². The first-order valence-electron chi connectivity index (χ1n) is 30.7. The molecule has 29 heteroatoms. The Morgan fingerprint density at radius 2 is 1.52 bits per heavy atom. The second kappa shape index (κ2) is 27.3. The van der Waals surface area contributed by atoms with Crippen LogP contribution in [0.1, 0.15) is 137 Å². The van der Waals surface area contributed by atoms with Crippen molar-refractivity contribution in [1.29, 1.82) is 0 Å². The molecule has 6 aliphatic heterocycles. The molecule has 7 heterocycles. The number of aryl methyl sites for hydroxylation is 1. The molecule has 488 valence electrons. The quantitative estimate of drug-likeness (QED) is 0.0338. The van der Waals surface area contributed by atoms with Gasteiger partial charge in [-0.3, -0.25) is 67.6 Å². The molecule has 6 aliphatic rings. The summed E-state index contributed by atoms with van der Waals surface area (Å²) in [6.07, 6.45) is 2.60. The van der Waals surface area contributed by atoms with Crippen molar-refractivity contribution < 1.29 is 79.9 Å². The van der Waals surface area contributed by atoms with Crippen molar-refractivity contribution in [3.63, 3.8) is 0 Å². The van der Waals surface area contributed by atoms with Gasteiger partial charge in [-0.15, -0.1) is 11.3 Å². The Morgan fingerprint density at radius 3 is 2.19 bits per heavy atom. The number of anilines is 1. The lowest BCUT2D eigenvalue weighted by molar-refractivity contribution is -0.144. The van der Waals surface area contributed by atoms with Gasteiger partial charge in [0.05, 0.1) is 22.5 Å². The lowest BCUT2D eigenvalue weighted by Gasteiger charge is -2.48. The molecule has 0 saturated carbocycles. The van der Waals surface area contributed by atoms with Gasteiger partial charge < -0.3 is 46.2 Å². The molecule has 8 N–H and O–H groups in total. The van der Waals surface area contributed by atoms with Crippen molar-refractivity contribution in [2.45, 2.75) is 152 Å². The Labute approximate surface area is 525 Å². The minimum absolute atomic E-state index is 0.00319. The number of amides is 10. The molecule has 0 aliphatic carbocycles. The molecule has 0 bridgehead atoms. The number of alkyl halides is 4. The van der Waals surface area contributed by atoms with Gasteiger partial charge in [-0.05, 0) is 129 Å². The van der Waals surface area contributed by atoms with Gasteiger partial charge in [-0.2, -0.15) is 8.78 Å². The molecule has 5 saturated heterocycles. The molecule has 3 aromatic carbocycles. The minimum atomic E-state index is -5.94. The van der Waals surface area contributed by atoms with Crippen molar-refractivity contribution in [2.75, 3.05) is 50.7 Å². The molecule has 91 heavy (non-hydrogen) atoms. The number of nitrogens with one attached hydrogen (secondary N) is 4. The fourth-order valence-electron chi connectivity index (χ4n) is 13.5. The Balaban J connectivity index is 0.820. The zero-order valence-electron chi connectivity index (χ0n) is 50.0. The summed E-state index contributed by atoms with van der Waals surface area (Å²) < 4.78 is 69.1. The van der Waals surface area contributed by atoms with Crippen LogP contribution in [0.4, 0.5) is 23.2 Å². The molecule has 0 radical (unpaired) electrons. The number of primary amides is 1. The summed E-state index contributed by atoms with van der Waals surface area (Å²) in [5.74, 6) is -6.85. The van der Waals surface area contributed by atoms with Crippen molar-refractivity contribution in [3.8, 4) is 0 Å². The summed E-state index contributed by atoms with van der Waals surface area (Å²) in [7, 11) is -5.94. The van der Waals surface area contributed by atoms with E-state index < -0.39 is 128 Å². The number of hydrogen-bond acceptors (Lipinski definition) is 14. The fourth-order valence-corrected chi connectivity index (χ4v) is 14.9. The Bertz CT molecular complexity index is 3570. The first kappa shape index (κ1) is 66.3. The van der Waals surface area contributed by atoms with Crippen LogP contribution in [0, 0.1) is 5.41 Å². The summed E-state index contributed by atoms with van der Waals surface area (Å²) in [6, 6.07) is 9.51. The molecule has 10 amide bonds. The molecule has 4 aromatic rings. The van der Waals surface area contributed by atoms with E-state index in [1.807, 2.05) is 24.3 Å². The third-order valence-electron chi connectivity index (χ3n) is 18.7. The van der Waals surface area contributed by atoms with Gasteiger partial charge in [0.1, 0.15) is 30.2 Å². The van der Waals surface area contributed by atoms with Crippen LogP contribution >= 0.6 is 18.9 Å². The number of carbonyl (C=O) groups is 10. The van der Waals surface area contributed by atoms with E-state index in [0.717, 1.165) is 83.4 Å². The number of unbranched alkanes of at least 4 members (excludes halogenated alkanes) is 1. The summed E-state index contributed by atoms with van der Waals surface area (Å²) >= 11 is 0.813. The van der Waals surface area contributed by atoms with E-state index in [1.54, 1.807) is 23.1 Å². The molecule has 6 atom stereocenters. The number of piperidine rings is 3. The van der Waals surface area contributed by atoms with Gasteiger partial charge in [-0.1, -0.05) is 43.7 Å². The topological polar surface area (TPSA) is 319 Å². The van der Waals surface area contributed by atoms with E-state index in [1.165, 1.54) is 15.9 Å². The summed E-state index contributed by atoms with van der Waals surface area (Å²) in [6.45, 7) is 2.87. The maximum atomic E-state index is 14.9. The average Bonchev–Trinajstić information content (AvgIpc) is 1.68. The standard InChI is InChI=1S/C62H73F4N10O13PS/c1-2-3-4-35-5-7-36(8-6-35)29-44(59(85)74-27-22-61(23-28-74)20-25-73(26-21-61)40-10-12-41-42(32-40)58(84)76(57(41)83)47-15-18-52(78)71-55(47)81)69-53(79)43(13-17-51(67)77)68-54(80)46-14-11-39-19-24-72(34-50(63)64)33-45(60(86)75(39)46)70-56(82)49-31-37-30-38(9-16-48(37)91-49)62(65,66)90(87,88)89/h5-10,12,16,30-32,39,43-47,50H,2-4,11,13-15,17-29,33-34H2,1H3,(H2,67,77)(H,68,80)(H,69,79)(H,70,82)(H,71,78,81)(H2,87,88,89)/t39-,43+,44+,45+,46+,47?/m1/s1. The summed E-state index contributed by atoms with van der Waals surface area (Å²) in [5, 5.41) is 10.4. The predicted molar refractivity (Wildman–Crippen MR) is 324 cm³/mol. The Kier molecular flexibility index (Phi) is 19.9. The highest BCUT2D eigenvalue weighted by atomic mass is 32.1. The largest absolute Gasteiger partial charge is 0.399 e. The van der Waals surface area contributed by atoms with Gasteiger partial charge in [0.25, 0.3) is 24.1 Å². The van der Waals surface area contributed by atoms with Gasteiger partial charge in [0.15, 0.2) is 0 Å². The molecular weight excluding hydrogens is 1230 g/mol. The van der Waals surface area contributed by atoms with Crippen LogP contribution in [0.15, 0.2) is 66.7 Å². The first-order chi connectivity index (χ1) is 43.2. The number of rotatable bonds is 21. The maximum Gasteiger partial charge on any atom is 0.399 e. The van der Waals surface area contributed by atoms with Gasteiger partial charge in [0, 0.05) is 80.5 Å². The number of likely N-dealkylation sites (tertiary alicyclic amines) is 1. The number of nitrogens with two attached hydrogens (primary N) is 1. The normalized spacial score (nSPS) is 22.1. The number of thiophene rings is 1. The van der Waals surface area contributed by atoms with Crippen molar-refractivity contribution in [1.82, 2.24) is 40.9 Å². The van der Waals surface area contributed by atoms with Crippen LogP contribution in [-0.2, 0) is 56.6 Å². The van der Waals surface area contributed by atoms with Gasteiger partial charge >= 0.3 is 13.3 Å². The Hall–Kier alpha value is -7.65. The summed E-state index contributed by atoms with van der Waals surface area (Å²) in [4.78, 5) is 163. The number of fused-ring (bicyclic) bond motifs is 3. The fraction of sp³-hybridized carbons (Fsp3) is 0.516. The van der Waals surface area contributed by atoms with E-state index in [2.05, 4.69) is 33.1 Å². The highest BCUT2D eigenvalue weighted by Gasteiger charge is 2.51. The minimum Gasteiger partial charge on any atom is -0.371 e. The van der Waals surface area contributed by atoms with E-state index >= 15 is 0 Å². The molecule has 10 rings (SSSR count). The molecule has 1 unspecified atom stereocenters. The van der Waals surface area contributed by atoms with Crippen molar-refractivity contribution >= 4 is 93.8 Å². The highest BCUT2D eigenvalue weighted by Crippen LogP contribution is 2.59. The zero-order chi connectivity index (χ0) is 65.3. The van der Waals surface area contributed by atoms with E-state index in [0.29, 0.717) is 39.0 Å². The zero-order valence-corrected chi connectivity index (χ0v) is 51.7. The number of nitrogens with zero attached hydrogens (tertiary/aromatic N) is 5. The third-order valence-corrected chi connectivity index (χ3v) is 20.8. The average molecular weight is 1310 g/mol. The van der Waals surface area contributed by atoms with Crippen LogP contribution in [0.3, 0.4) is 0 Å². The SMILES string of the molecule is CCCCc1ccc(C[C@H](NC(=O)[C@H](CCC(N)=O)NC(=O)[C@@H]2CC[C@@H]3CCN(CC(F)F)C[C@H](NC(=O)c4cc5cc(C(F)(F)P(=O)(O)O)ccc5s4)C(=O)N32)C(=O)N2CCC3(CC2)CCN(c2ccc4c(c2)C(=O)N(C2CCC(=O)NC2=O)C4=O)CC3)cc1. The van der Waals surface area contributed by atoms with Crippen molar-refractivity contribution in [2.24, 2.45) is 11.1 Å². The monoisotopic (exact) mass is 1300 g/mol. The molecule has 1 aromatic heterocycles. The predicted octanol–water partition coefficient (Wildman–Crippen LogP) is 4.69. The van der Waals surface area contributed by atoms with Gasteiger partial charge in [0.2, 0.25) is 41.4 Å². The molecule has 1 spiro atoms. The highest BCUT2D eigenvalue weighted by molar-refractivity contribution is 7.52.